The average Bonchev–Trinajstić information content (AvgIpc) is 3.03. The van der Waals surface area contributed by atoms with Crippen LogP contribution in [0.1, 0.15) is 28.8 Å². The molecule has 106 valence electrons. The van der Waals surface area contributed by atoms with Gasteiger partial charge in [0.25, 0.3) is 0 Å². The van der Waals surface area contributed by atoms with Crippen molar-refractivity contribution in [2.75, 3.05) is 11.6 Å². The van der Waals surface area contributed by atoms with Crippen LogP contribution >= 0.6 is 22.9 Å². The summed E-state index contributed by atoms with van der Waals surface area (Å²) in [5.41, 5.74) is 3.04. The van der Waals surface area contributed by atoms with E-state index in [9.17, 15) is 10.0 Å². The summed E-state index contributed by atoms with van der Waals surface area (Å²) in [6, 6.07) is 0. The summed E-state index contributed by atoms with van der Waals surface area (Å²) in [6.45, 7) is 1.92. The van der Waals surface area contributed by atoms with E-state index in [0.717, 1.165) is 42.1 Å². The molecule has 1 aromatic rings. The zero-order valence-electron chi connectivity index (χ0n) is 10.9. The maximum atomic E-state index is 11.0. The molecule has 20 heavy (non-hydrogen) atoms. The van der Waals surface area contributed by atoms with Crippen molar-refractivity contribution in [1.82, 2.24) is 4.90 Å². The lowest BCUT2D eigenvalue weighted by molar-refractivity contribution is -0.104. The van der Waals surface area contributed by atoms with E-state index in [0.29, 0.717) is 12.0 Å². The molecule has 2 aliphatic heterocycles. The minimum absolute atomic E-state index is 0.115. The standard InChI is InChI=1S/C14H15ClN2O2S/c15-11-5-9-10-6-16-3-1-2-13(16)17(19)14(10)20-12(9)4-8(11)7-18/h4,7,11,13,19H,1-3,5-6H2. The molecule has 1 saturated heterocycles. The van der Waals surface area contributed by atoms with Gasteiger partial charge in [-0.05, 0) is 30.9 Å². The molecular formula is C14H15ClN2O2S. The molecule has 3 heterocycles. The molecule has 1 aliphatic carbocycles. The fraction of sp³-hybridized carbons (Fsp3) is 0.500. The topological polar surface area (TPSA) is 43.8 Å². The summed E-state index contributed by atoms with van der Waals surface area (Å²) in [5.74, 6) is 0. The maximum Gasteiger partial charge on any atom is 0.147 e. The summed E-state index contributed by atoms with van der Waals surface area (Å²) in [4.78, 5) is 14.4. The first kappa shape index (κ1) is 12.8. The third-order valence-corrected chi connectivity index (χ3v) is 6.10. The van der Waals surface area contributed by atoms with Gasteiger partial charge in [0.1, 0.15) is 17.5 Å². The molecule has 0 aromatic carbocycles. The summed E-state index contributed by atoms with van der Waals surface area (Å²) < 4.78 is 0. The van der Waals surface area contributed by atoms with E-state index in [2.05, 4.69) is 4.90 Å². The van der Waals surface area contributed by atoms with Crippen molar-refractivity contribution >= 4 is 40.3 Å². The Balaban J connectivity index is 1.81. The zero-order chi connectivity index (χ0) is 13.9. The Kier molecular flexibility index (Phi) is 2.93. The molecule has 4 rings (SSSR count). The fourth-order valence-corrected chi connectivity index (χ4v) is 4.98. The molecule has 1 fully saturated rings. The number of carbonyl (C=O) groups is 1. The first-order chi connectivity index (χ1) is 9.69. The lowest BCUT2D eigenvalue weighted by atomic mass is 9.94. The highest BCUT2D eigenvalue weighted by atomic mass is 35.5. The monoisotopic (exact) mass is 310 g/mol. The summed E-state index contributed by atoms with van der Waals surface area (Å²) in [6.07, 6.45) is 5.65. The quantitative estimate of drug-likeness (QED) is 0.640. The predicted molar refractivity (Wildman–Crippen MR) is 79.4 cm³/mol. The highest BCUT2D eigenvalue weighted by Crippen LogP contribution is 2.46. The van der Waals surface area contributed by atoms with Gasteiger partial charge in [-0.15, -0.1) is 22.9 Å². The molecule has 0 radical (unpaired) electrons. The van der Waals surface area contributed by atoms with Crippen LogP contribution in [0.4, 0.5) is 5.00 Å². The van der Waals surface area contributed by atoms with E-state index in [1.54, 1.807) is 11.3 Å². The van der Waals surface area contributed by atoms with Crippen LogP contribution in [0.2, 0.25) is 0 Å². The number of aldehydes is 1. The van der Waals surface area contributed by atoms with Gasteiger partial charge in [-0.1, -0.05) is 0 Å². The van der Waals surface area contributed by atoms with Crippen molar-refractivity contribution in [2.24, 2.45) is 0 Å². The van der Waals surface area contributed by atoms with Crippen LogP contribution in [0, 0.1) is 0 Å². The number of thiophene rings is 1. The van der Waals surface area contributed by atoms with Crippen LogP contribution in [-0.2, 0) is 17.8 Å². The zero-order valence-corrected chi connectivity index (χ0v) is 12.5. The number of halogens is 1. The number of fused-ring (bicyclic) bond motifs is 4. The molecule has 1 N–H and O–H groups in total. The van der Waals surface area contributed by atoms with E-state index in [1.165, 1.54) is 16.2 Å². The molecular weight excluding hydrogens is 296 g/mol. The lowest BCUT2D eigenvalue weighted by Gasteiger charge is -2.36. The number of rotatable bonds is 1. The average molecular weight is 311 g/mol. The van der Waals surface area contributed by atoms with Crippen LogP contribution in [0.3, 0.4) is 0 Å². The van der Waals surface area contributed by atoms with E-state index in [-0.39, 0.29) is 11.5 Å². The SMILES string of the molecule is O=CC1=Cc2sc3c(c2CC1Cl)CN1CCCC1N3O. The Morgan fingerprint density at radius 1 is 1.45 bits per heavy atom. The molecule has 0 bridgehead atoms. The van der Waals surface area contributed by atoms with Crippen molar-refractivity contribution in [2.45, 2.75) is 37.4 Å². The second-order valence-electron chi connectivity index (χ2n) is 5.60. The first-order valence-corrected chi connectivity index (χ1v) is 8.12. The van der Waals surface area contributed by atoms with Crippen LogP contribution < -0.4 is 5.06 Å². The molecule has 0 spiro atoms. The van der Waals surface area contributed by atoms with Gasteiger partial charge < -0.3 is 0 Å². The number of hydroxylamine groups is 1. The number of hydrogen-bond donors (Lipinski definition) is 1. The van der Waals surface area contributed by atoms with Gasteiger partial charge in [-0.25, -0.2) is 5.06 Å². The van der Waals surface area contributed by atoms with Crippen molar-refractivity contribution in [3.63, 3.8) is 0 Å². The Hall–Kier alpha value is -0.880. The Bertz CT molecular complexity index is 613. The highest BCUT2D eigenvalue weighted by molar-refractivity contribution is 7.17. The van der Waals surface area contributed by atoms with Crippen LogP contribution in [0.5, 0.6) is 0 Å². The normalized spacial score (nSPS) is 28.7. The number of nitrogens with zero attached hydrogens (tertiary/aromatic N) is 2. The smallest absolute Gasteiger partial charge is 0.147 e. The number of carbonyl (C=O) groups excluding carboxylic acids is 1. The summed E-state index contributed by atoms with van der Waals surface area (Å²) >= 11 is 7.84. The van der Waals surface area contributed by atoms with Crippen molar-refractivity contribution < 1.29 is 10.0 Å². The van der Waals surface area contributed by atoms with E-state index >= 15 is 0 Å². The summed E-state index contributed by atoms with van der Waals surface area (Å²) in [5, 5.41) is 12.6. The minimum atomic E-state index is -0.248. The molecule has 3 aliphatic rings. The van der Waals surface area contributed by atoms with Crippen molar-refractivity contribution in [3.05, 3.63) is 21.6 Å². The summed E-state index contributed by atoms with van der Waals surface area (Å²) in [7, 11) is 0. The Labute approximate surface area is 126 Å². The highest BCUT2D eigenvalue weighted by Gasteiger charge is 2.39. The number of anilines is 1. The fourth-order valence-electron chi connectivity index (χ4n) is 3.45. The van der Waals surface area contributed by atoms with Gasteiger partial charge >= 0.3 is 0 Å². The van der Waals surface area contributed by atoms with E-state index in [4.69, 9.17) is 11.6 Å². The molecule has 2 atom stereocenters. The van der Waals surface area contributed by atoms with Crippen LogP contribution in [0.15, 0.2) is 5.57 Å². The number of alkyl halides is 1. The van der Waals surface area contributed by atoms with Crippen molar-refractivity contribution in [3.8, 4) is 0 Å². The van der Waals surface area contributed by atoms with E-state index < -0.39 is 0 Å². The van der Waals surface area contributed by atoms with Gasteiger partial charge in [0, 0.05) is 29.1 Å². The molecule has 6 heteroatoms. The van der Waals surface area contributed by atoms with Gasteiger partial charge in [0.05, 0.1) is 5.38 Å². The largest absolute Gasteiger partial charge is 0.298 e. The van der Waals surface area contributed by atoms with Crippen LogP contribution in [-0.4, -0.2) is 34.5 Å². The molecule has 2 unspecified atom stereocenters. The molecule has 4 nitrogen and oxygen atoms in total. The third kappa shape index (κ3) is 1.70. The Morgan fingerprint density at radius 3 is 3.10 bits per heavy atom. The third-order valence-electron chi connectivity index (χ3n) is 4.49. The minimum Gasteiger partial charge on any atom is -0.298 e. The molecule has 0 amide bonds. The van der Waals surface area contributed by atoms with E-state index in [1.807, 2.05) is 6.08 Å². The first-order valence-electron chi connectivity index (χ1n) is 6.86. The van der Waals surface area contributed by atoms with Crippen LogP contribution in [0.25, 0.3) is 6.08 Å². The van der Waals surface area contributed by atoms with Gasteiger partial charge in [0.15, 0.2) is 0 Å². The predicted octanol–water partition coefficient (Wildman–Crippen LogP) is 2.62. The molecule has 0 saturated carbocycles. The maximum absolute atomic E-state index is 11.0. The van der Waals surface area contributed by atoms with Crippen molar-refractivity contribution in [1.29, 1.82) is 0 Å². The van der Waals surface area contributed by atoms with Gasteiger partial charge in [-0.2, -0.15) is 0 Å². The van der Waals surface area contributed by atoms with Gasteiger partial charge in [0.2, 0.25) is 0 Å². The second-order valence-corrected chi connectivity index (χ2v) is 7.16. The number of allylic oxidation sites excluding steroid dienone is 1. The Morgan fingerprint density at radius 2 is 2.30 bits per heavy atom. The lowest BCUT2D eigenvalue weighted by Crippen LogP contribution is -2.46. The number of hydrogen-bond acceptors (Lipinski definition) is 5. The second kappa shape index (κ2) is 4.56. The molecule has 1 aromatic heterocycles. The van der Waals surface area contributed by atoms with Gasteiger partial charge in [-0.3, -0.25) is 14.9 Å².